The first kappa shape index (κ1) is 23.6. The molecule has 3 aromatic heterocycles. The molecule has 0 aliphatic rings. The maximum Gasteiger partial charge on any atom is 0.341 e. The maximum absolute atomic E-state index is 13.1. The second-order valence-corrected chi connectivity index (χ2v) is 8.24. The third-order valence-corrected chi connectivity index (χ3v) is 6.17. The molecule has 180 valence electrons. The summed E-state index contributed by atoms with van der Waals surface area (Å²) in [7, 11) is 0. The number of amides is 1. The Morgan fingerprint density at radius 1 is 1.23 bits per heavy atom. The molecule has 0 atom stereocenters. The van der Waals surface area contributed by atoms with Gasteiger partial charge in [0.2, 0.25) is 11.6 Å². The highest BCUT2D eigenvalue weighted by molar-refractivity contribution is 7.18. The molecule has 1 aromatic carbocycles. The maximum atomic E-state index is 13.1. The standard InChI is InChI=1S/C21H21N9O4S/c1-4-33-21(32)13-10(2)16(35-18(13)23)11(3)24-26-20(31)14-15(12-8-6-5-7-9-12)30(29-25-14)19-17(22)27-34-28-19/h5-9H,4,23H2,1-3H3,(H2,22,27)(H,26,31). The summed E-state index contributed by atoms with van der Waals surface area (Å²) in [5.74, 6) is -1.06. The topological polar surface area (TPSA) is 189 Å². The van der Waals surface area contributed by atoms with Gasteiger partial charge in [-0.05, 0) is 36.6 Å². The van der Waals surface area contributed by atoms with E-state index in [-0.39, 0.29) is 23.9 Å². The van der Waals surface area contributed by atoms with Gasteiger partial charge >= 0.3 is 5.97 Å². The average molecular weight is 496 g/mol. The van der Waals surface area contributed by atoms with Crippen LogP contribution in [-0.2, 0) is 4.74 Å². The number of benzene rings is 1. The Morgan fingerprint density at radius 2 is 1.97 bits per heavy atom. The highest BCUT2D eigenvalue weighted by atomic mass is 32.1. The number of nitrogens with zero attached hydrogens (tertiary/aromatic N) is 6. The largest absolute Gasteiger partial charge is 0.462 e. The van der Waals surface area contributed by atoms with E-state index in [0.717, 1.165) is 0 Å². The van der Waals surface area contributed by atoms with E-state index in [2.05, 4.69) is 35.8 Å². The Morgan fingerprint density at radius 3 is 2.63 bits per heavy atom. The molecule has 0 aliphatic carbocycles. The Hall–Kier alpha value is -4.59. The third-order valence-electron chi connectivity index (χ3n) is 4.94. The van der Waals surface area contributed by atoms with Crippen LogP contribution in [0.2, 0.25) is 0 Å². The zero-order valence-electron chi connectivity index (χ0n) is 19.0. The van der Waals surface area contributed by atoms with Crippen LogP contribution in [0.4, 0.5) is 10.8 Å². The van der Waals surface area contributed by atoms with E-state index < -0.39 is 11.9 Å². The van der Waals surface area contributed by atoms with Crippen molar-refractivity contribution in [2.45, 2.75) is 20.8 Å². The van der Waals surface area contributed by atoms with Crippen LogP contribution in [0.25, 0.3) is 17.1 Å². The second-order valence-electron chi connectivity index (χ2n) is 7.19. The molecule has 0 saturated heterocycles. The predicted molar refractivity (Wildman–Crippen MR) is 128 cm³/mol. The molecule has 35 heavy (non-hydrogen) atoms. The molecular weight excluding hydrogens is 474 g/mol. The summed E-state index contributed by atoms with van der Waals surface area (Å²) in [5, 5.41) is 19.8. The van der Waals surface area contributed by atoms with Crippen LogP contribution in [0.15, 0.2) is 40.1 Å². The lowest BCUT2D eigenvalue weighted by Crippen LogP contribution is -2.21. The van der Waals surface area contributed by atoms with E-state index in [1.54, 1.807) is 45.0 Å². The van der Waals surface area contributed by atoms with E-state index in [4.69, 9.17) is 16.2 Å². The molecule has 0 unspecified atom stereocenters. The Bertz CT molecular complexity index is 1420. The number of aromatic nitrogens is 5. The molecule has 0 aliphatic heterocycles. The lowest BCUT2D eigenvalue weighted by Gasteiger charge is -2.06. The molecule has 3 heterocycles. The monoisotopic (exact) mass is 495 g/mol. The lowest BCUT2D eigenvalue weighted by atomic mass is 10.1. The van der Waals surface area contributed by atoms with Gasteiger partial charge in [0.05, 0.1) is 22.8 Å². The van der Waals surface area contributed by atoms with E-state index in [0.29, 0.717) is 38.0 Å². The zero-order valence-corrected chi connectivity index (χ0v) is 19.8. The number of esters is 1. The van der Waals surface area contributed by atoms with Gasteiger partial charge in [0, 0.05) is 5.56 Å². The smallest absolute Gasteiger partial charge is 0.341 e. The quantitative estimate of drug-likeness (QED) is 0.195. The number of nitrogen functional groups attached to an aromatic ring is 2. The van der Waals surface area contributed by atoms with Crippen LogP contribution in [0.5, 0.6) is 0 Å². The van der Waals surface area contributed by atoms with E-state index in [1.807, 2.05) is 6.07 Å². The summed E-state index contributed by atoms with van der Waals surface area (Å²) in [6, 6.07) is 8.98. The predicted octanol–water partition coefficient (Wildman–Crippen LogP) is 2.18. The minimum Gasteiger partial charge on any atom is -0.462 e. The van der Waals surface area contributed by atoms with Gasteiger partial charge in [-0.25, -0.2) is 14.8 Å². The van der Waals surface area contributed by atoms with Crippen LogP contribution >= 0.6 is 11.3 Å². The molecule has 5 N–H and O–H groups in total. The fourth-order valence-electron chi connectivity index (χ4n) is 3.35. The van der Waals surface area contributed by atoms with Crippen molar-refractivity contribution in [2.75, 3.05) is 18.1 Å². The van der Waals surface area contributed by atoms with Gasteiger partial charge in [-0.2, -0.15) is 9.78 Å². The minimum absolute atomic E-state index is 0.0175. The first-order valence-corrected chi connectivity index (χ1v) is 11.2. The van der Waals surface area contributed by atoms with Crippen molar-refractivity contribution in [2.24, 2.45) is 5.10 Å². The van der Waals surface area contributed by atoms with Gasteiger partial charge < -0.3 is 16.2 Å². The lowest BCUT2D eigenvalue weighted by molar-refractivity contribution is 0.0527. The van der Waals surface area contributed by atoms with E-state index in [1.165, 1.54) is 16.0 Å². The average Bonchev–Trinajstić information content (AvgIpc) is 3.54. The van der Waals surface area contributed by atoms with Crippen LogP contribution in [0.1, 0.15) is 45.1 Å². The number of anilines is 2. The molecule has 13 nitrogen and oxygen atoms in total. The summed E-state index contributed by atoms with van der Waals surface area (Å²) in [4.78, 5) is 25.9. The normalized spacial score (nSPS) is 11.5. The van der Waals surface area contributed by atoms with Gasteiger partial charge in [-0.15, -0.1) is 16.4 Å². The molecular formula is C21H21N9O4S. The van der Waals surface area contributed by atoms with Crippen molar-refractivity contribution >= 4 is 39.7 Å². The van der Waals surface area contributed by atoms with E-state index in [9.17, 15) is 9.59 Å². The number of nitrogens with one attached hydrogen (secondary N) is 1. The van der Waals surface area contributed by atoms with Crippen LogP contribution in [-0.4, -0.2) is 49.5 Å². The van der Waals surface area contributed by atoms with Crippen LogP contribution in [0, 0.1) is 6.92 Å². The molecule has 1 amide bonds. The summed E-state index contributed by atoms with van der Waals surface area (Å²) in [6.07, 6.45) is 0. The number of hydrazone groups is 1. The molecule has 0 spiro atoms. The Labute approximate surface area is 202 Å². The molecule has 0 radical (unpaired) electrons. The number of hydrogen-bond donors (Lipinski definition) is 3. The fourth-order valence-corrected chi connectivity index (χ4v) is 4.36. The van der Waals surface area contributed by atoms with Crippen molar-refractivity contribution in [3.8, 4) is 17.1 Å². The van der Waals surface area contributed by atoms with Gasteiger partial charge in [-0.1, -0.05) is 35.5 Å². The summed E-state index contributed by atoms with van der Waals surface area (Å²) >= 11 is 1.18. The number of carbonyl (C=O) groups is 2. The SMILES string of the molecule is CCOC(=O)c1c(N)sc(C(C)=NNC(=O)c2nnn(-c3nonc3N)c2-c2ccccc2)c1C. The van der Waals surface area contributed by atoms with Crippen molar-refractivity contribution in [1.29, 1.82) is 0 Å². The van der Waals surface area contributed by atoms with Gasteiger partial charge in [-0.3, -0.25) is 4.79 Å². The first-order valence-electron chi connectivity index (χ1n) is 10.3. The van der Waals surface area contributed by atoms with Crippen molar-refractivity contribution < 1.29 is 19.0 Å². The molecule has 0 bridgehead atoms. The van der Waals surface area contributed by atoms with Crippen LogP contribution in [0.3, 0.4) is 0 Å². The molecule has 0 saturated carbocycles. The molecule has 0 fully saturated rings. The van der Waals surface area contributed by atoms with Gasteiger partial charge in [0.25, 0.3) is 5.91 Å². The summed E-state index contributed by atoms with van der Waals surface area (Å²) in [6.45, 7) is 5.37. The number of carbonyl (C=O) groups excluding carboxylic acids is 2. The molecule has 14 heteroatoms. The second kappa shape index (κ2) is 9.72. The number of hydrogen-bond acceptors (Lipinski definition) is 12. The van der Waals surface area contributed by atoms with Crippen molar-refractivity contribution in [1.82, 2.24) is 30.7 Å². The van der Waals surface area contributed by atoms with E-state index >= 15 is 0 Å². The molecule has 4 rings (SSSR count). The number of rotatable bonds is 7. The summed E-state index contributed by atoms with van der Waals surface area (Å²) < 4.78 is 11.0. The number of thiophene rings is 1. The van der Waals surface area contributed by atoms with Crippen molar-refractivity contribution in [3.63, 3.8) is 0 Å². The van der Waals surface area contributed by atoms with Crippen LogP contribution < -0.4 is 16.9 Å². The fraction of sp³-hybridized carbons (Fsp3) is 0.190. The first-order chi connectivity index (χ1) is 16.8. The number of nitrogens with two attached hydrogens (primary N) is 2. The molecule has 4 aromatic rings. The number of ether oxygens (including phenoxy) is 1. The summed E-state index contributed by atoms with van der Waals surface area (Å²) in [5.41, 5.74) is 16.6. The highest BCUT2D eigenvalue weighted by Crippen LogP contribution is 2.32. The Balaban J connectivity index is 1.66. The Kier molecular flexibility index (Phi) is 6.55. The van der Waals surface area contributed by atoms with Gasteiger partial charge in [0.1, 0.15) is 10.7 Å². The zero-order chi connectivity index (χ0) is 25.1. The van der Waals surface area contributed by atoms with Gasteiger partial charge in [0.15, 0.2) is 5.69 Å². The third kappa shape index (κ3) is 4.46. The van der Waals surface area contributed by atoms with Crippen molar-refractivity contribution in [3.05, 3.63) is 52.0 Å². The minimum atomic E-state index is -0.628. The highest BCUT2D eigenvalue weighted by Gasteiger charge is 2.26.